The number of halogens is 4. The van der Waals surface area contributed by atoms with E-state index in [0.717, 1.165) is 44.8 Å². The number of fused-ring (bicyclic) bond motifs is 2. The van der Waals surface area contributed by atoms with Crippen LogP contribution in [0.4, 0.5) is 23.2 Å². The van der Waals surface area contributed by atoms with E-state index >= 15 is 0 Å². The van der Waals surface area contributed by atoms with Gasteiger partial charge in [-0.05, 0) is 51.6 Å². The van der Waals surface area contributed by atoms with E-state index in [1.165, 1.54) is 0 Å². The number of benzene rings is 2. The van der Waals surface area contributed by atoms with E-state index in [1.54, 1.807) is 9.48 Å². The van der Waals surface area contributed by atoms with E-state index in [2.05, 4.69) is 26.0 Å². The Morgan fingerprint density at radius 2 is 1.56 bits per heavy atom. The van der Waals surface area contributed by atoms with E-state index in [1.807, 2.05) is 54.6 Å². The van der Waals surface area contributed by atoms with Gasteiger partial charge in [0.15, 0.2) is 0 Å². The fourth-order valence-electron chi connectivity index (χ4n) is 5.52. The SMILES string of the molecule is CC1(C)C2=CC(=[N+]3CC(F)(F)C3)C=CC2=C(c2ccccc2)c2ccc(N3CC(F)(F)C3)cc21. The van der Waals surface area contributed by atoms with Crippen molar-refractivity contribution < 1.29 is 22.1 Å². The molecule has 2 aromatic carbocycles. The van der Waals surface area contributed by atoms with E-state index in [-0.39, 0.29) is 26.2 Å². The summed E-state index contributed by atoms with van der Waals surface area (Å²) >= 11 is 0. The predicted octanol–water partition coefficient (Wildman–Crippen LogP) is 5.83. The molecule has 2 aliphatic heterocycles. The van der Waals surface area contributed by atoms with Crippen molar-refractivity contribution in [3.05, 3.63) is 94.6 Å². The third-order valence-electron chi connectivity index (χ3n) is 7.37. The molecule has 2 aromatic rings. The first kappa shape index (κ1) is 21.4. The van der Waals surface area contributed by atoms with Gasteiger partial charge in [-0.2, -0.15) is 8.78 Å². The fraction of sp³-hybridized carbons (Fsp3) is 0.321. The molecule has 0 radical (unpaired) electrons. The highest BCUT2D eigenvalue weighted by Gasteiger charge is 2.51. The summed E-state index contributed by atoms with van der Waals surface area (Å²) in [6.45, 7) is 3.15. The molecule has 4 aliphatic rings. The number of hydrogen-bond acceptors (Lipinski definition) is 1. The standard InChI is InChI=1S/C28H25F4N2/c1-26(2)23-12-19(33-14-27(29,30)15-33)8-10-21(23)25(18-6-4-3-5-7-18)22-11-9-20(13-24(22)26)34-16-28(31,32)17-34/h3-13H,14-17H2,1-2H3/q+1. The van der Waals surface area contributed by atoms with Crippen LogP contribution < -0.4 is 4.90 Å². The van der Waals surface area contributed by atoms with E-state index in [9.17, 15) is 17.6 Å². The lowest BCUT2D eigenvalue weighted by Crippen LogP contribution is -2.56. The van der Waals surface area contributed by atoms with Crippen molar-refractivity contribution in [2.24, 2.45) is 0 Å². The molecule has 2 heterocycles. The predicted molar refractivity (Wildman–Crippen MR) is 126 cm³/mol. The molecule has 2 aliphatic carbocycles. The molecule has 0 spiro atoms. The third kappa shape index (κ3) is 3.26. The number of allylic oxidation sites excluding steroid dienone is 5. The van der Waals surface area contributed by atoms with Crippen molar-refractivity contribution in [2.75, 3.05) is 31.1 Å². The summed E-state index contributed by atoms with van der Waals surface area (Å²) in [4.78, 5) is 1.70. The van der Waals surface area contributed by atoms with Gasteiger partial charge in [-0.3, -0.25) is 0 Å². The summed E-state index contributed by atoms with van der Waals surface area (Å²) in [5, 5.41) is 0. The first-order valence-corrected chi connectivity index (χ1v) is 11.5. The van der Waals surface area contributed by atoms with Gasteiger partial charge in [0.2, 0.25) is 18.8 Å². The Labute approximate surface area is 196 Å². The molecule has 2 saturated heterocycles. The van der Waals surface area contributed by atoms with Crippen LogP contribution in [0.2, 0.25) is 0 Å². The van der Waals surface area contributed by atoms with Gasteiger partial charge in [-0.25, -0.2) is 13.4 Å². The number of rotatable bonds is 2. The Morgan fingerprint density at radius 1 is 0.853 bits per heavy atom. The molecule has 2 nitrogen and oxygen atoms in total. The summed E-state index contributed by atoms with van der Waals surface area (Å²) in [5.74, 6) is -5.29. The minimum absolute atomic E-state index is 0.272. The van der Waals surface area contributed by atoms with Crippen molar-refractivity contribution in [3.63, 3.8) is 0 Å². The number of anilines is 1. The molecule has 6 heteroatoms. The maximum atomic E-state index is 13.6. The lowest BCUT2D eigenvalue weighted by molar-refractivity contribution is -0.638. The lowest BCUT2D eigenvalue weighted by Gasteiger charge is -2.43. The van der Waals surface area contributed by atoms with Crippen molar-refractivity contribution >= 4 is 17.0 Å². The Balaban J connectivity index is 1.53. The first-order chi connectivity index (χ1) is 16.0. The van der Waals surface area contributed by atoms with Crippen LogP contribution in [0.3, 0.4) is 0 Å². The summed E-state index contributed by atoms with van der Waals surface area (Å²) in [5.41, 5.74) is 7.52. The van der Waals surface area contributed by atoms with Crippen molar-refractivity contribution in [1.29, 1.82) is 0 Å². The van der Waals surface area contributed by atoms with Crippen LogP contribution in [0.1, 0.15) is 30.5 Å². The normalized spacial score (nSPS) is 23.6. The average molecular weight is 466 g/mol. The van der Waals surface area contributed by atoms with Crippen LogP contribution in [0.15, 0.2) is 77.9 Å². The lowest BCUT2D eigenvalue weighted by atomic mass is 9.64. The summed E-state index contributed by atoms with van der Waals surface area (Å²) in [6.07, 6.45) is 5.99. The van der Waals surface area contributed by atoms with Crippen LogP contribution in [-0.2, 0) is 5.41 Å². The molecule has 2 fully saturated rings. The van der Waals surface area contributed by atoms with Crippen molar-refractivity contribution in [3.8, 4) is 0 Å². The number of hydrogen-bond donors (Lipinski definition) is 0. The molecule has 174 valence electrons. The molecule has 0 amide bonds. The summed E-state index contributed by atoms with van der Waals surface area (Å²) < 4.78 is 55.9. The van der Waals surface area contributed by atoms with Gasteiger partial charge in [0.1, 0.15) is 0 Å². The topological polar surface area (TPSA) is 6.25 Å². The number of nitrogens with zero attached hydrogens (tertiary/aromatic N) is 2. The molecular formula is C28H25F4N2+. The van der Waals surface area contributed by atoms with E-state index in [0.29, 0.717) is 0 Å². The van der Waals surface area contributed by atoms with Crippen molar-refractivity contribution in [1.82, 2.24) is 0 Å². The van der Waals surface area contributed by atoms with Gasteiger partial charge in [0, 0.05) is 23.3 Å². The number of alkyl halides is 4. The minimum atomic E-state index is -2.65. The maximum Gasteiger partial charge on any atom is 0.361 e. The monoisotopic (exact) mass is 465 g/mol. The Hall–Kier alpha value is -3.15. The second-order valence-corrected chi connectivity index (χ2v) is 10.2. The van der Waals surface area contributed by atoms with Gasteiger partial charge in [-0.1, -0.05) is 50.2 Å². The van der Waals surface area contributed by atoms with Gasteiger partial charge >= 0.3 is 5.92 Å². The highest BCUT2D eigenvalue weighted by Crippen LogP contribution is 2.51. The average Bonchev–Trinajstić information content (AvgIpc) is 2.76. The molecule has 6 rings (SSSR count). The molecule has 0 aromatic heterocycles. The van der Waals surface area contributed by atoms with Crippen molar-refractivity contribution in [2.45, 2.75) is 31.1 Å². The maximum absolute atomic E-state index is 13.6. The van der Waals surface area contributed by atoms with Crippen LogP contribution in [0.5, 0.6) is 0 Å². The van der Waals surface area contributed by atoms with Gasteiger partial charge in [-0.15, -0.1) is 0 Å². The largest absolute Gasteiger partial charge is 0.361 e. The van der Waals surface area contributed by atoms with Crippen LogP contribution >= 0.6 is 0 Å². The molecule has 34 heavy (non-hydrogen) atoms. The third-order valence-corrected chi connectivity index (χ3v) is 7.37. The Kier molecular flexibility index (Phi) is 4.36. The zero-order valence-electron chi connectivity index (χ0n) is 19.1. The summed E-state index contributed by atoms with van der Waals surface area (Å²) in [7, 11) is 0. The molecule has 0 saturated carbocycles. The Bertz CT molecular complexity index is 1310. The van der Waals surface area contributed by atoms with E-state index in [4.69, 9.17) is 0 Å². The highest BCUT2D eigenvalue weighted by atomic mass is 19.3. The zero-order chi connectivity index (χ0) is 23.9. The first-order valence-electron chi connectivity index (χ1n) is 11.5. The van der Waals surface area contributed by atoms with Gasteiger partial charge in [0.25, 0.3) is 5.92 Å². The second kappa shape index (κ2) is 6.94. The second-order valence-electron chi connectivity index (χ2n) is 10.2. The molecule has 0 atom stereocenters. The smallest absolute Gasteiger partial charge is 0.359 e. The van der Waals surface area contributed by atoms with Crippen LogP contribution in [0, 0.1) is 0 Å². The highest BCUT2D eigenvalue weighted by molar-refractivity contribution is 6.07. The molecular weight excluding hydrogens is 440 g/mol. The van der Waals surface area contributed by atoms with Gasteiger partial charge in [0.05, 0.1) is 13.1 Å². The summed E-state index contributed by atoms with van der Waals surface area (Å²) in [6, 6.07) is 16.1. The van der Waals surface area contributed by atoms with Crippen LogP contribution in [0.25, 0.3) is 5.57 Å². The van der Waals surface area contributed by atoms with Crippen LogP contribution in [-0.4, -0.2) is 48.3 Å². The molecule has 0 N–H and O–H groups in total. The fourth-order valence-corrected chi connectivity index (χ4v) is 5.52. The minimum Gasteiger partial charge on any atom is -0.359 e. The zero-order valence-corrected chi connectivity index (χ0v) is 19.1. The Morgan fingerprint density at radius 3 is 2.21 bits per heavy atom. The molecule has 0 bridgehead atoms. The van der Waals surface area contributed by atoms with E-state index < -0.39 is 17.3 Å². The molecule has 0 unspecified atom stereocenters. The van der Waals surface area contributed by atoms with Gasteiger partial charge < -0.3 is 4.90 Å². The quantitative estimate of drug-likeness (QED) is 0.399.